The quantitative estimate of drug-likeness (QED) is 0.868. The van der Waals surface area contributed by atoms with Crippen molar-refractivity contribution >= 4 is 5.82 Å². The first kappa shape index (κ1) is 12.4. The van der Waals surface area contributed by atoms with Crippen LogP contribution in [0.3, 0.4) is 0 Å². The summed E-state index contributed by atoms with van der Waals surface area (Å²) in [5, 5.41) is 0. The lowest BCUT2D eigenvalue weighted by molar-refractivity contribution is 0.529. The van der Waals surface area contributed by atoms with E-state index in [-0.39, 0.29) is 0 Å². The van der Waals surface area contributed by atoms with Crippen LogP contribution in [0.1, 0.15) is 37.4 Å². The van der Waals surface area contributed by atoms with Crippen molar-refractivity contribution in [3.63, 3.8) is 0 Å². The van der Waals surface area contributed by atoms with E-state index in [1.807, 2.05) is 6.92 Å². The molecular formula is C14H23N3. The fraction of sp³-hybridized carbons (Fsp3) is 0.643. The number of hydrogen-bond acceptors (Lipinski definition) is 3. The van der Waals surface area contributed by atoms with Crippen LogP contribution in [0.5, 0.6) is 0 Å². The fourth-order valence-corrected chi connectivity index (χ4v) is 2.65. The zero-order valence-electron chi connectivity index (χ0n) is 10.9. The van der Waals surface area contributed by atoms with Crippen LogP contribution < -0.4 is 10.6 Å². The van der Waals surface area contributed by atoms with Gasteiger partial charge in [0.2, 0.25) is 0 Å². The highest BCUT2D eigenvalue weighted by atomic mass is 15.2. The summed E-state index contributed by atoms with van der Waals surface area (Å²) < 4.78 is 0. The maximum atomic E-state index is 5.66. The number of hydrogen-bond donors (Lipinski definition) is 1. The molecule has 1 fully saturated rings. The molecule has 0 saturated carbocycles. The van der Waals surface area contributed by atoms with Crippen LogP contribution in [0.25, 0.3) is 0 Å². The molecule has 3 heteroatoms. The molecule has 1 aromatic heterocycles. The third kappa shape index (κ3) is 2.78. The van der Waals surface area contributed by atoms with Crippen LogP contribution in [0.4, 0.5) is 5.82 Å². The molecule has 1 aromatic rings. The van der Waals surface area contributed by atoms with Crippen molar-refractivity contribution < 1.29 is 0 Å². The maximum Gasteiger partial charge on any atom is 0.128 e. The van der Waals surface area contributed by atoms with E-state index in [0.717, 1.165) is 29.5 Å². The highest BCUT2D eigenvalue weighted by Crippen LogP contribution is 2.25. The van der Waals surface area contributed by atoms with Gasteiger partial charge in [0, 0.05) is 25.3 Å². The fourth-order valence-electron chi connectivity index (χ4n) is 2.65. The molecule has 2 N–H and O–H groups in total. The molecule has 0 amide bonds. The SMILES string of the molecule is CCCC1CCN(c2ccc(CN)c(C)n2)C1. The lowest BCUT2D eigenvalue weighted by Gasteiger charge is -2.18. The van der Waals surface area contributed by atoms with Gasteiger partial charge in [0.25, 0.3) is 0 Å². The first-order valence-corrected chi connectivity index (χ1v) is 6.66. The van der Waals surface area contributed by atoms with E-state index in [9.17, 15) is 0 Å². The summed E-state index contributed by atoms with van der Waals surface area (Å²) in [6.07, 6.45) is 3.95. The Morgan fingerprint density at radius 2 is 2.29 bits per heavy atom. The zero-order valence-corrected chi connectivity index (χ0v) is 10.9. The van der Waals surface area contributed by atoms with Crippen molar-refractivity contribution in [1.29, 1.82) is 0 Å². The van der Waals surface area contributed by atoms with E-state index >= 15 is 0 Å². The molecule has 0 spiro atoms. The van der Waals surface area contributed by atoms with Crippen LogP contribution in [0.15, 0.2) is 12.1 Å². The Morgan fingerprint density at radius 1 is 1.47 bits per heavy atom. The number of rotatable bonds is 4. The van der Waals surface area contributed by atoms with E-state index in [2.05, 4.69) is 28.9 Å². The van der Waals surface area contributed by atoms with Gasteiger partial charge in [-0.2, -0.15) is 0 Å². The molecule has 0 bridgehead atoms. The van der Waals surface area contributed by atoms with Gasteiger partial charge in [-0.05, 0) is 37.3 Å². The number of nitrogens with two attached hydrogens (primary N) is 1. The largest absolute Gasteiger partial charge is 0.356 e. The van der Waals surface area contributed by atoms with Crippen molar-refractivity contribution in [2.75, 3.05) is 18.0 Å². The molecule has 0 aromatic carbocycles. The second kappa shape index (κ2) is 5.50. The third-order valence-electron chi connectivity index (χ3n) is 3.71. The molecule has 2 heterocycles. The monoisotopic (exact) mass is 233 g/mol. The van der Waals surface area contributed by atoms with Crippen LogP contribution in [-0.2, 0) is 6.54 Å². The van der Waals surface area contributed by atoms with Crippen LogP contribution >= 0.6 is 0 Å². The Labute approximate surface area is 104 Å². The molecule has 1 unspecified atom stereocenters. The molecule has 3 nitrogen and oxygen atoms in total. The average molecular weight is 233 g/mol. The van der Waals surface area contributed by atoms with E-state index in [0.29, 0.717) is 6.54 Å². The summed E-state index contributed by atoms with van der Waals surface area (Å²) >= 11 is 0. The summed E-state index contributed by atoms with van der Waals surface area (Å²) in [4.78, 5) is 7.08. The van der Waals surface area contributed by atoms with Crippen molar-refractivity contribution in [1.82, 2.24) is 4.98 Å². The van der Waals surface area contributed by atoms with Gasteiger partial charge in [0.05, 0.1) is 0 Å². The molecule has 0 aliphatic carbocycles. The van der Waals surface area contributed by atoms with Gasteiger partial charge in [-0.1, -0.05) is 19.4 Å². The summed E-state index contributed by atoms with van der Waals surface area (Å²) in [6.45, 7) is 7.21. The van der Waals surface area contributed by atoms with Crippen molar-refractivity contribution in [2.45, 2.75) is 39.7 Å². The van der Waals surface area contributed by atoms with Gasteiger partial charge >= 0.3 is 0 Å². The molecule has 1 saturated heterocycles. The Balaban J connectivity index is 2.06. The second-order valence-electron chi connectivity index (χ2n) is 5.01. The highest BCUT2D eigenvalue weighted by Gasteiger charge is 2.22. The summed E-state index contributed by atoms with van der Waals surface area (Å²) in [5.41, 5.74) is 7.89. The van der Waals surface area contributed by atoms with E-state index in [1.165, 1.54) is 25.8 Å². The van der Waals surface area contributed by atoms with Gasteiger partial charge in [0.15, 0.2) is 0 Å². The van der Waals surface area contributed by atoms with Gasteiger partial charge in [-0.15, -0.1) is 0 Å². The molecule has 2 rings (SSSR count). The number of aromatic nitrogens is 1. The standard InChI is InChI=1S/C14H23N3/c1-3-4-12-7-8-17(10-12)14-6-5-13(9-15)11(2)16-14/h5-6,12H,3-4,7-10,15H2,1-2H3. The topological polar surface area (TPSA) is 42.1 Å². The van der Waals surface area contributed by atoms with Crippen LogP contribution in [-0.4, -0.2) is 18.1 Å². The van der Waals surface area contributed by atoms with Crippen LogP contribution in [0.2, 0.25) is 0 Å². The number of pyridine rings is 1. The lowest BCUT2D eigenvalue weighted by atomic mass is 10.0. The molecule has 1 aliphatic rings. The first-order valence-electron chi connectivity index (χ1n) is 6.66. The predicted molar refractivity (Wildman–Crippen MR) is 72.1 cm³/mol. The summed E-state index contributed by atoms with van der Waals surface area (Å²) in [5.74, 6) is 1.98. The van der Waals surface area contributed by atoms with Crippen molar-refractivity contribution in [3.05, 3.63) is 23.4 Å². The molecular weight excluding hydrogens is 210 g/mol. The lowest BCUT2D eigenvalue weighted by Crippen LogP contribution is -2.21. The molecule has 1 atom stereocenters. The molecule has 17 heavy (non-hydrogen) atoms. The summed E-state index contributed by atoms with van der Waals surface area (Å²) in [6, 6.07) is 4.23. The number of anilines is 1. The molecule has 1 aliphatic heterocycles. The third-order valence-corrected chi connectivity index (χ3v) is 3.71. The number of nitrogens with zero attached hydrogens (tertiary/aromatic N) is 2. The van der Waals surface area contributed by atoms with Gasteiger partial charge in [-0.25, -0.2) is 4.98 Å². The smallest absolute Gasteiger partial charge is 0.128 e. The van der Waals surface area contributed by atoms with E-state index in [4.69, 9.17) is 5.73 Å². The molecule has 94 valence electrons. The van der Waals surface area contributed by atoms with Crippen LogP contribution in [0, 0.1) is 12.8 Å². The number of aryl methyl sites for hydroxylation is 1. The predicted octanol–water partition coefficient (Wildman–Crippen LogP) is 2.48. The minimum atomic E-state index is 0.581. The maximum absolute atomic E-state index is 5.66. The Hall–Kier alpha value is -1.09. The van der Waals surface area contributed by atoms with Gasteiger partial charge in [0.1, 0.15) is 5.82 Å². The normalized spacial score (nSPS) is 19.9. The summed E-state index contributed by atoms with van der Waals surface area (Å²) in [7, 11) is 0. The zero-order chi connectivity index (χ0) is 12.3. The Kier molecular flexibility index (Phi) is 4.00. The van der Waals surface area contributed by atoms with E-state index < -0.39 is 0 Å². The van der Waals surface area contributed by atoms with Crippen molar-refractivity contribution in [3.8, 4) is 0 Å². The Bertz CT molecular complexity index is 376. The van der Waals surface area contributed by atoms with Gasteiger partial charge < -0.3 is 10.6 Å². The average Bonchev–Trinajstić information content (AvgIpc) is 2.78. The minimum Gasteiger partial charge on any atom is -0.356 e. The highest BCUT2D eigenvalue weighted by molar-refractivity contribution is 5.42. The van der Waals surface area contributed by atoms with Gasteiger partial charge in [-0.3, -0.25) is 0 Å². The second-order valence-corrected chi connectivity index (χ2v) is 5.01. The minimum absolute atomic E-state index is 0.581. The van der Waals surface area contributed by atoms with Crippen molar-refractivity contribution in [2.24, 2.45) is 11.7 Å². The van der Waals surface area contributed by atoms with E-state index in [1.54, 1.807) is 0 Å². The Morgan fingerprint density at radius 3 is 2.94 bits per heavy atom. The molecule has 0 radical (unpaired) electrons. The first-order chi connectivity index (χ1) is 8.24.